The Hall–Kier alpha value is -0.550. The van der Waals surface area contributed by atoms with Gasteiger partial charge < -0.3 is 0 Å². The fraction of sp³-hybridized carbons (Fsp3) is 0.857. The maximum Gasteiger partial charge on any atom is 0.270 e. The Labute approximate surface area is 70.3 Å². The summed E-state index contributed by atoms with van der Waals surface area (Å²) in [6, 6.07) is 0. The number of hydrogen-bond acceptors (Lipinski definition) is 1. The van der Waals surface area contributed by atoms with Crippen LogP contribution in [0.15, 0.2) is 0 Å². The maximum absolute atomic E-state index is 7.60. The van der Waals surface area contributed by atoms with Gasteiger partial charge in [-0.25, -0.2) is 11.5 Å². The summed E-state index contributed by atoms with van der Waals surface area (Å²) in [4.78, 5) is 2.86. The van der Waals surface area contributed by atoms with Crippen molar-refractivity contribution in [3.8, 4) is 0 Å². The average Bonchev–Trinajstić information content (AvgIpc) is 2.22. The van der Waals surface area contributed by atoms with E-state index in [2.05, 4.69) is 4.85 Å². The van der Waals surface area contributed by atoms with Gasteiger partial charge in [-0.3, -0.25) is 4.85 Å². The van der Waals surface area contributed by atoms with Crippen LogP contribution in [-0.4, -0.2) is 24.6 Å². The number of likely N-dealkylation sites (tertiary alicyclic amines) is 1. The standard InChI is InChI=1S/C7H12N2/c1-8-7-9-5-3-2-4-6-9/h2-7H2/i2D2,3D2,4D2,5D2,6D2. The Kier molecular flexibility index (Phi) is 0.531. The van der Waals surface area contributed by atoms with Gasteiger partial charge in [-0.15, -0.1) is 0 Å². The van der Waals surface area contributed by atoms with Crippen molar-refractivity contribution < 1.29 is 13.7 Å². The summed E-state index contributed by atoms with van der Waals surface area (Å²) in [7, 11) is 0. The molecule has 0 N–H and O–H groups in total. The van der Waals surface area contributed by atoms with Gasteiger partial charge in [0.25, 0.3) is 6.67 Å². The minimum atomic E-state index is -3.41. The van der Waals surface area contributed by atoms with Crippen molar-refractivity contribution in [3.63, 3.8) is 0 Å². The molecule has 0 bridgehead atoms. The molecular weight excluding hydrogens is 112 g/mol. The second kappa shape index (κ2) is 3.47. The van der Waals surface area contributed by atoms with Crippen molar-refractivity contribution in [1.82, 2.24) is 4.90 Å². The van der Waals surface area contributed by atoms with E-state index >= 15 is 0 Å². The highest BCUT2D eigenvalue weighted by molar-refractivity contribution is 4.67. The molecule has 0 unspecified atom stereocenters. The minimum absolute atomic E-state index is 0.0916. The lowest BCUT2D eigenvalue weighted by Crippen LogP contribution is -2.29. The highest BCUT2D eigenvalue weighted by Crippen LogP contribution is 2.07. The van der Waals surface area contributed by atoms with Crippen LogP contribution in [0.25, 0.3) is 4.85 Å². The van der Waals surface area contributed by atoms with Crippen molar-refractivity contribution in [1.29, 1.82) is 0 Å². The third-order valence-electron chi connectivity index (χ3n) is 0.719. The summed E-state index contributed by atoms with van der Waals surface area (Å²) in [6.45, 7) is -0.601. The first kappa shape index (κ1) is 1.38. The molecule has 0 aliphatic carbocycles. The van der Waals surface area contributed by atoms with E-state index < -0.39 is 38.8 Å². The number of piperidine rings is 1. The average molecular weight is 134 g/mol. The third kappa shape index (κ3) is 2.03. The van der Waals surface area contributed by atoms with E-state index in [4.69, 9.17) is 20.3 Å². The Morgan fingerprint density at radius 3 is 2.67 bits per heavy atom. The van der Waals surface area contributed by atoms with Gasteiger partial charge in [-0.2, -0.15) is 0 Å². The van der Waals surface area contributed by atoms with Crippen LogP contribution < -0.4 is 0 Å². The molecule has 9 heavy (non-hydrogen) atoms. The lowest BCUT2D eigenvalue weighted by molar-refractivity contribution is 0.250. The maximum atomic E-state index is 7.60. The SMILES string of the molecule is [2H]C1([2H])N(C[N+]#[C-])C([2H])([2H])C([2H])([2H])C([2H])([2H])C1([2H])[2H]. The summed E-state index contributed by atoms with van der Waals surface area (Å²) in [5.41, 5.74) is 0. The molecule has 0 spiro atoms. The fourth-order valence-corrected chi connectivity index (χ4v) is 0.391. The number of nitrogens with zero attached hydrogens (tertiary/aromatic N) is 2. The van der Waals surface area contributed by atoms with Crippen LogP contribution in [0.3, 0.4) is 0 Å². The van der Waals surface area contributed by atoms with Gasteiger partial charge >= 0.3 is 0 Å². The molecule has 2 heteroatoms. The van der Waals surface area contributed by atoms with Gasteiger partial charge in [0.05, 0.1) is 0 Å². The van der Waals surface area contributed by atoms with E-state index in [1.807, 2.05) is 0 Å². The molecule has 2 nitrogen and oxygen atoms in total. The second-order valence-electron chi connectivity index (χ2n) is 1.33. The summed E-state index contributed by atoms with van der Waals surface area (Å²) >= 11 is 0. The minimum Gasteiger partial charge on any atom is -0.299 e. The smallest absolute Gasteiger partial charge is 0.270 e. The largest absolute Gasteiger partial charge is 0.299 e. The number of hydrogen-bond donors (Lipinski definition) is 0. The van der Waals surface area contributed by atoms with Crippen LogP contribution in [0.4, 0.5) is 0 Å². The van der Waals surface area contributed by atoms with Gasteiger partial charge in [0.2, 0.25) is 0 Å². The molecule has 1 aliphatic heterocycles. The monoisotopic (exact) mass is 134 g/mol. The molecule has 1 saturated heterocycles. The van der Waals surface area contributed by atoms with Crippen molar-refractivity contribution in [2.45, 2.75) is 19.1 Å². The number of rotatable bonds is 1. The van der Waals surface area contributed by atoms with Crippen LogP contribution in [0.5, 0.6) is 0 Å². The summed E-state index contributed by atoms with van der Waals surface area (Å²) in [5, 5.41) is 0. The zero-order valence-electron chi connectivity index (χ0n) is 14.6. The molecule has 50 valence electrons. The molecule has 0 aromatic carbocycles. The van der Waals surface area contributed by atoms with E-state index in [1.54, 1.807) is 0 Å². The quantitative estimate of drug-likeness (QED) is 0.491. The van der Waals surface area contributed by atoms with Crippen molar-refractivity contribution in [2.75, 3.05) is 19.7 Å². The van der Waals surface area contributed by atoms with Crippen LogP contribution >= 0.6 is 0 Å². The third-order valence-corrected chi connectivity index (χ3v) is 0.719. The highest BCUT2D eigenvalue weighted by atomic mass is 15.2. The molecule has 1 heterocycles. The van der Waals surface area contributed by atoms with Crippen molar-refractivity contribution in [3.05, 3.63) is 11.4 Å². The highest BCUT2D eigenvalue weighted by Gasteiger charge is 2.10. The molecule has 0 radical (unpaired) electrons. The van der Waals surface area contributed by atoms with Crippen LogP contribution in [0.1, 0.15) is 32.8 Å². The molecule has 0 saturated carbocycles. The molecule has 0 aromatic rings. The Balaban J connectivity index is 3.61. The molecule has 0 atom stereocenters. The Morgan fingerprint density at radius 2 is 2.11 bits per heavy atom. The normalized spacial score (nSPS) is 65.7. The molecule has 1 aliphatic rings. The van der Waals surface area contributed by atoms with Crippen molar-refractivity contribution >= 4 is 0 Å². The summed E-state index contributed by atoms with van der Waals surface area (Å²) < 4.78 is 75.6. The molecule has 1 rings (SSSR count). The van der Waals surface area contributed by atoms with Gasteiger partial charge in [0, 0.05) is 26.7 Å². The van der Waals surface area contributed by atoms with E-state index in [-0.39, 0.29) is 4.90 Å². The van der Waals surface area contributed by atoms with Crippen LogP contribution in [-0.2, 0) is 0 Å². The predicted molar refractivity (Wildman–Crippen MR) is 36.9 cm³/mol. The Morgan fingerprint density at radius 1 is 1.44 bits per heavy atom. The first-order chi connectivity index (χ1) is 8.19. The fourth-order valence-electron chi connectivity index (χ4n) is 0.391. The second-order valence-corrected chi connectivity index (χ2v) is 1.33. The molecular formula is C7H12N2. The predicted octanol–water partition coefficient (Wildman–Crippen LogP) is 1.35. The summed E-state index contributed by atoms with van der Waals surface area (Å²) in [6.07, 6.45) is -10.1. The lowest BCUT2D eigenvalue weighted by Gasteiger charge is -2.20. The zero-order chi connectivity index (χ0) is 15.5. The van der Waals surface area contributed by atoms with Gasteiger partial charge in [0.1, 0.15) is 0 Å². The topological polar surface area (TPSA) is 7.60 Å². The van der Waals surface area contributed by atoms with Crippen molar-refractivity contribution in [2.24, 2.45) is 0 Å². The first-order valence-electron chi connectivity index (χ1n) is 7.30. The Bertz CT molecular complexity index is 392. The van der Waals surface area contributed by atoms with E-state index in [0.29, 0.717) is 0 Å². The summed E-state index contributed by atoms with van der Waals surface area (Å²) in [5.74, 6) is 0. The van der Waals surface area contributed by atoms with E-state index in [1.165, 1.54) is 0 Å². The van der Waals surface area contributed by atoms with Crippen LogP contribution in [0.2, 0.25) is 0 Å². The molecule has 0 aromatic heterocycles. The molecule has 1 fully saturated rings. The van der Waals surface area contributed by atoms with E-state index in [9.17, 15) is 0 Å². The van der Waals surface area contributed by atoms with Gasteiger partial charge in [0.15, 0.2) is 0 Å². The lowest BCUT2D eigenvalue weighted by atomic mass is 10.1. The first-order valence-corrected chi connectivity index (χ1v) is 2.30. The zero-order valence-corrected chi connectivity index (χ0v) is 4.60. The van der Waals surface area contributed by atoms with Gasteiger partial charge in [-0.1, -0.05) is 6.37 Å². The van der Waals surface area contributed by atoms with Crippen LogP contribution in [0, 0.1) is 6.57 Å². The van der Waals surface area contributed by atoms with Gasteiger partial charge in [-0.05, 0) is 12.7 Å². The molecule has 0 amide bonds. The van der Waals surface area contributed by atoms with E-state index in [0.717, 1.165) is 0 Å².